The molecule has 0 amide bonds. The lowest BCUT2D eigenvalue weighted by molar-refractivity contribution is 0.577. The largest absolute Gasteiger partial charge is 0.369 e. The van der Waals surface area contributed by atoms with E-state index in [2.05, 4.69) is 29.8 Å². The number of hydrogen-bond donors (Lipinski definition) is 1. The van der Waals surface area contributed by atoms with Gasteiger partial charge in [0.15, 0.2) is 5.82 Å². The summed E-state index contributed by atoms with van der Waals surface area (Å²) in [7, 11) is 1.92. The van der Waals surface area contributed by atoms with Gasteiger partial charge in [0.2, 0.25) is 0 Å². The van der Waals surface area contributed by atoms with Gasteiger partial charge in [0.25, 0.3) is 0 Å². The van der Waals surface area contributed by atoms with E-state index < -0.39 is 0 Å². The van der Waals surface area contributed by atoms with Gasteiger partial charge in [-0.25, -0.2) is 4.39 Å². The fraction of sp³-hybridized carbons (Fsp3) is 0.538. The summed E-state index contributed by atoms with van der Waals surface area (Å²) in [5, 5.41) is 0. The summed E-state index contributed by atoms with van der Waals surface area (Å²) in [5.74, 6) is -0.224. The third-order valence-electron chi connectivity index (χ3n) is 3.11. The average Bonchev–Trinajstić information content (AvgIpc) is 2.32. The van der Waals surface area contributed by atoms with E-state index >= 15 is 0 Å². The Bertz CT molecular complexity index is 382. The Kier molecular flexibility index (Phi) is 5.40. The predicted molar refractivity (Wildman–Crippen MR) is 74.8 cm³/mol. The van der Waals surface area contributed by atoms with Crippen LogP contribution in [0.4, 0.5) is 10.1 Å². The molecule has 0 radical (unpaired) electrons. The highest BCUT2D eigenvalue weighted by Gasteiger charge is 2.16. The Morgan fingerprint density at radius 2 is 2.12 bits per heavy atom. The minimum atomic E-state index is -0.224. The second-order valence-corrected chi connectivity index (χ2v) is 5.12. The van der Waals surface area contributed by atoms with E-state index in [1.807, 2.05) is 18.0 Å². The number of nitrogens with zero attached hydrogens (tertiary/aromatic N) is 1. The zero-order chi connectivity index (χ0) is 13.0. The lowest BCUT2D eigenvalue weighted by Gasteiger charge is -2.27. The summed E-state index contributed by atoms with van der Waals surface area (Å²) in [5.41, 5.74) is 6.96. The molecule has 0 aliphatic rings. The fourth-order valence-electron chi connectivity index (χ4n) is 1.86. The average molecular weight is 303 g/mol. The SMILES string of the molecule is CCCC(C)N(C)c1ccc(CN)c(Br)c1F. The van der Waals surface area contributed by atoms with Crippen LogP contribution in [-0.2, 0) is 6.54 Å². The Morgan fingerprint density at radius 1 is 1.47 bits per heavy atom. The molecule has 0 bridgehead atoms. The highest BCUT2D eigenvalue weighted by atomic mass is 79.9. The molecule has 2 N–H and O–H groups in total. The molecule has 1 unspecified atom stereocenters. The predicted octanol–water partition coefficient (Wildman–Crippen LogP) is 3.67. The van der Waals surface area contributed by atoms with E-state index in [-0.39, 0.29) is 5.82 Å². The van der Waals surface area contributed by atoms with Crippen LogP contribution >= 0.6 is 15.9 Å². The van der Waals surface area contributed by atoms with Crippen molar-refractivity contribution in [2.24, 2.45) is 5.73 Å². The Hall–Kier alpha value is -0.610. The molecule has 0 heterocycles. The molecule has 96 valence electrons. The maximum Gasteiger partial charge on any atom is 0.160 e. The van der Waals surface area contributed by atoms with Crippen LogP contribution in [0.1, 0.15) is 32.3 Å². The smallest absolute Gasteiger partial charge is 0.160 e. The van der Waals surface area contributed by atoms with Gasteiger partial charge in [-0.1, -0.05) is 19.4 Å². The zero-order valence-electron chi connectivity index (χ0n) is 10.6. The van der Waals surface area contributed by atoms with Crippen LogP contribution < -0.4 is 10.6 Å². The summed E-state index contributed by atoms with van der Waals surface area (Å²) < 4.78 is 14.6. The molecule has 0 aromatic heterocycles. The number of hydrogen-bond acceptors (Lipinski definition) is 2. The summed E-state index contributed by atoms with van der Waals surface area (Å²) in [6.07, 6.45) is 2.14. The van der Waals surface area contributed by atoms with Crippen molar-refractivity contribution in [3.63, 3.8) is 0 Å². The molecule has 1 aromatic carbocycles. The van der Waals surface area contributed by atoms with Crippen LogP contribution in [0.2, 0.25) is 0 Å². The fourth-order valence-corrected chi connectivity index (χ4v) is 2.36. The minimum absolute atomic E-state index is 0.224. The topological polar surface area (TPSA) is 29.3 Å². The van der Waals surface area contributed by atoms with Crippen molar-refractivity contribution in [3.05, 3.63) is 28.0 Å². The first-order valence-electron chi connectivity index (χ1n) is 5.92. The first kappa shape index (κ1) is 14.5. The van der Waals surface area contributed by atoms with E-state index in [1.165, 1.54) is 0 Å². The Balaban J connectivity index is 3.03. The second kappa shape index (κ2) is 6.36. The minimum Gasteiger partial charge on any atom is -0.369 e. The first-order chi connectivity index (χ1) is 8.02. The van der Waals surface area contributed by atoms with Gasteiger partial charge >= 0.3 is 0 Å². The Morgan fingerprint density at radius 3 is 2.65 bits per heavy atom. The third kappa shape index (κ3) is 3.19. The molecular formula is C13H20BrFN2. The van der Waals surface area contributed by atoms with Crippen LogP contribution in [0.3, 0.4) is 0 Å². The molecule has 0 saturated carbocycles. The molecule has 4 heteroatoms. The lowest BCUT2D eigenvalue weighted by atomic mass is 10.1. The molecule has 1 aromatic rings. The summed E-state index contributed by atoms with van der Waals surface area (Å²) in [6, 6.07) is 4.00. The van der Waals surface area contributed by atoms with E-state index in [9.17, 15) is 4.39 Å². The summed E-state index contributed by atoms with van der Waals surface area (Å²) >= 11 is 3.27. The number of benzene rings is 1. The Labute approximate surface area is 111 Å². The normalized spacial score (nSPS) is 12.6. The van der Waals surface area contributed by atoms with Crippen molar-refractivity contribution in [1.29, 1.82) is 0 Å². The van der Waals surface area contributed by atoms with E-state index in [1.54, 1.807) is 6.07 Å². The molecule has 0 aliphatic heterocycles. The monoisotopic (exact) mass is 302 g/mol. The van der Waals surface area contributed by atoms with E-state index in [0.29, 0.717) is 22.7 Å². The van der Waals surface area contributed by atoms with Crippen molar-refractivity contribution < 1.29 is 4.39 Å². The number of rotatable bonds is 5. The molecule has 2 nitrogen and oxygen atoms in total. The van der Waals surface area contributed by atoms with Crippen molar-refractivity contribution in [1.82, 2.24) is 0 Å². The van der Waals surface area contributed by atoms with Crippen LogP contribution in [-0.4, -0.2) is 13.1 Å². The number of anilines is 1. The van der Waals surface area contributed by atoms with Crippen LogP contribution in [0.25, 0.3) is 0 Å². The molecule has 1 atom stereocenters. The molecular weight excluding hydrogens is 283 g/mol. The van der Waals surface area contributed by atoms with Gasteiger partial charge in [0.05, 0.1) is 10.2 Å². The van der Waals surface area contributed by atoms with Crippen LogP contribution in [0.15, 0.2) is 16.6 Å². The molecule has 0 fully saturated rings. The van der Waals surface area contributed by atoms with Crippen molar-refractivity contribution >= 4 is 21.6 Å². The third-order valence-corrected chi connectivity index (χ3v) is 3.97. The highest BCUT2D eigenvalue weighted by molar-refractivity contribution is 9.10. The lowest BCUT2D eigenvalue weighted by Crippen LogP contribution is -2.29. The number of nitrogens with two attached hydrogens (primary N) is 1. The summed E-state index contributed by atoms with van der Waals surface area (Å²) in [4.78, 5) is 1.98. The van der Waals surface area contributed by atoms with E-state index in [4.69, 9.17) is 5.73 Å². The zero-order valence-corrected chi connectivity index (χ0v) is 12.2. The molecule has 1 rings (SSSR count). The molecule has 0 aliphatic carbocycles. The summed E-state index contributed by atoms with van der Waals surface area (Å²) in [6.45, 7) is 4.58. The van der Waals surface area contributed by atoms with Crippen LogP contribution in [0.5, 0.6) is 0 Å². The van der Waals surface area contributed by atoms with E-state index in [0.717, 1.165) is 18.4 Å². The second-order valence-electron chi connectivity index (χ2n) is 4.32. The van der Waals surface area contributed by atoms with Crippen molar-refractivity contribution in [2.45, 2.75) is 39.3 Å². The van der Waals surface area contributed by atoms with Gasteiger partial charge < -0.3 is 10.6 Å². The van der Waals surface area contributed by atoms with Crippen molar-refractivity contribution in [2.75, 3.05) is 11.9 Å². The maximum absolute atomic E-state index is 14.2. The maximum atomic E-state index is 14.2. The molecule has 17 heavy (non-hydrogen) atoms. The molecule has 0 spiro atoms. The van der Waals surface area contributed by atoms with Gasteiger partial charge in [-0.2, -0.15) is 0 Å². The highest BCUT2D eigenvalue weighted by Crippen LogP contribution is 2.30. The van der Waals surface area contributed by atoms with Gasteiger partial charge in [0.1, 0.15) is 0 Å². The van der Waals surface area contributed by atoms with Gasteiger partial charge in [-0.15, -0.1) is 0 Å². The number of halogens is 2. The van der Waals surface area contributed by atoms with Gasteiger partial charge in [0, 0.05) is 19.6 Å². The van der Waals surface area contributed by atoms with Crippen LogP contribution in [0, 0.1) is 5.82 Å². The van der Waals surface area contributed by atoms with Crippen molar-refractivity contribution in [3.8, 4) is 0 Å². The van der Waals surface area contributed by atoms with Gasteiger partial charge in [-0.3, -0.25) is 0 Å². The van der Waals surface area contributed by atoms with Gasteiger partial charge in [-0.05, 0) is 40.9 Å². The standard InChI is InChI=1S/C13H20BrFN2/c1-4-5-9(2)17(3)11-7-6-10(8-16)12(14)13(11)15/h6-7,9H,4-5,8,16H2,1-3H3. The first-order valence-corrected chi connectivity index (χ1v) is 6.72. The molecule has 0 saturated heterocycles. The quantitative estimate of drug-likeness (QED) is 0.899.